The lowest BCUT2D eigenvalue weighted by Crippen LogP contribution is -2.25. The van der Waals surface area contributed by atoms with Crippen LogP contribution in [0.4, 0.5) is 0 Å². The van der Waals surface area contributed by atoms with Gasteiger partial charge in [0.15, 0.2) is 0 Å². The molecule has 19 heavy (non-hydrogen) atoms. The summed E-state index contributed by atoms with van der Waals surface area (Å²) in [5.41, 5.74) is 1.21. The Morgan fingerprint density at radius 1 is 1.16 bits per heavy atom. The van der Waals surface area contributed by atoms with Crippen molar-refractivity contribution in [1.29, 1.82) is 0 Å². The van der Waals surface area contributed by atoms with Gasteiger partial charge in [-0.25, -0.2) is 8.42 Å². The van der Waals surface area contributed by atoms with E-state index in [0.29, 0.717) is 24.5 Å². The predicted octanol–water partition coefficient (Wildman–Crippen LogP) is 2.80. The fourth-order valence-electron chi connectivity index (χ4n) is 2.39. The Balaban J connectivity index is 2.63. The maximum Gasteiger partial charge on any atom is 0.150 e. The minimum absolute atomic E-state index is 0.207. The molecular weight excluding hydrogens is 258 g/mol. The third kappa shape index (κ3) is 5.33. The molecule has 3 nitrogen and oxygen atoms in total. The number of hydrogen-bond donors (Lipinski definition) is 1. The molecule has 1 aromatic carbocycles. The maximum absolute atomic E-state index is 11.8. The van der Waals surface area contributed by atoms with Gasteiger partial charge < -0.3 is 5.32 Å². The van der Waals surface area contributed by atoms with Crippen LogP contribution in [0.5, 0.6) is 0 Å². The molecule has 1 aromatic rings. The lowest BCUT2D eigenvalue weighted by Gasteiger charge is -2.24. The highest BCUT2D eigenvalue weighted by Crippen LogP contribution is 2.24. The highest BCUT2D eigenvalue weighted by molar-refractivity contribution is 7.91. The Morgan fingerprint density at radius 2 is 1.79 bits per heavy atom. The van der Waals surface area contributed by atoms with Gasteiger partial charge in [-0.05, 0) is 31.4 Å². The van der Waals surface area contributed by atoms with Gasteiger partial charge in [-0.15, -0.1) is 0 Å². The van der Waals surface area contributed by atoms with Crippen molar-refractivity contribution in [2.75, 3.05) is 18.6 Å². The summed E-state index contributed by atoms with van der Waals surface area (Å²) in [4.78, 5) is 0. The highest BCUT2D eigenvalue weighted by atomic mass is 32.2. The van der Waals surface area contributed by atoms with Crippen molar-refractivity contribution in [3.05, 3.63) is 35.9 Å². The Bertz CT molecular complexity index is 456. The molecule has 1 N–H and O–H groups in total. The fraction of sp³-hybridized carbons (Fsp3) is 0.600. The number of rotatable bonds is 8. The first kappa shape index (κ1) is 16.2. The van der Waals surface area contributed by atoms with Crippen molar-refractivity contribution in [1.82, 2.24) is 5.32 Å². The summed E-state index contributed by atoms with van der Waals surface area (Å²) in [6, 6.07) is 10.4. The average Bonchev–Trinajstić information content (AvgIpc) is 2.39. The van der Waals surface area contributed by atoms with Crippen LogP contribution in [-0.2, 0) is 9.84 Å². The molecule has 2 atom stereocenters. The number of benzene rings is 1. The van der Waals surface area contributed by atoms with Crippen LogP contribution < -0.4 is 5.32 Å². The van der Waals surface area contributed by atoms with E-state index in [1.54, 1.807) is 0 Å². The first-order valence-electron chi connectivity index (χ1n) is 6.92. The standard InChI is InChI=1S/C15H25NO2S/c1-4-11-19(17,18)12-10-13(2)15(16-3)14-8-6-5-7-9-14/h5-9,13,15-16H,4,10-12H2,1-3H3. The predicted molar refractivity (Wildman–Crippen MR) is 81.0 cm³/mol. The minimum Gasteiger partial charge on any atom is -0.313 e. The number of sulfone groups is 1. The van der Waals surface area contributed by atoms with Crippen LogP contribution in [0, 0.1) is 5.92 Å². The highest BCUT2D eigenvalue weighted by Gasteiger charge is 2.19. The smallest absolute Gasteiger partial charge is 0.150 e. The Morgan fingerprint density at radius 3 is 2.32 bits per heavy atom. The maximum atomic E-state index is 11.8. The van der Waals surface area contributed by atoms with Crippen molar-refractivity contribution in [2.45, 2.75) is 32.7 Å². The van der Waals surface area contributed by atoms with E-state index >= 15 is 0 Å². The molecule has 108 valence electrons. The van der Waals surface area contributed by atoms with E-state index < -0.39 is 9.84 Å². The van der Waals surface area contributed by atoms with Crippen molar-refractivity contribution < 1.29 is 8.42 Å². The summed E-state index contributed by atoms with van der Waals surface area (Å²) in [6.07, 6.45) is 1.40. The molecule has 0 saturated carbocycles. The molecule has 0 saturated heterocycles. The lowest BCUT2D eigenvalue weighted by atomic mass is 9.93. The second-order valence-corrected chi connectivity index (χ2v) is 7.40. The molecule has 0 bridgehead atoms. The van der Waals surface area contributed by atoms with Gasteiger partial charge in [0.05, 0.1) is 5.75 Å². The van der Waals surface area contributed by atoms with E-state index in [1.807, 2.05) is 32.2 Å². The molecule has 0 aliphatic heterocycles. The van der Waals surface area contributed by atoms with Gasteiger partial charge in [0, 0.05) is 11.8 Å². The Hall–Kier alpha value is -0.870. The van der Waals surface area contributed by atoms with Crippen molar-refractivity contribution in [3.8, 4) is 0 Å². The van der Waals surface area contributed by atoms with Gasteiger partial charge in [-0.1, -0.05) is 44.2 Å². The summed E-state index contributed by atoms with van der Waals surface area (Å²) in [5.74, 6) is 0.876. The van der Waals surface area contributed by atoms with E-state index in [2.05, 4.69) is 24.4 Å². The van der Waals surface area contributed by atoms with Gasteiger partial charge in [0.1, 0.15) is 9.84 Å². The van der Waals surface area contributed by atoms with E-state index in [9.17, 15) is 8.42 Å². The SMILES string of the molecule is CCCS(=O)(=O)CCC(C)C(NC)c1ccccc1. The van der Waals surface area contributed by atoms with Crippen LogP contribution in [0.25, 0.3) is 0 Å². The van der Waals surface area contributed by atoms with Gasteiger partial charge in [-0.2, -0.15) is 0 Å². The summed E-state index contributed by atoms with van der Waals surface area (Å²) in [7, 11) is -0.953. The van der Waals surface area contributed by atoms with Crippen molar-refractivity contribution in [3.63, 3.8) is 0 Å². The van der Waals surface area contributed by atoms with Gasteiger partial charge in [0.2, 0.25) is 0 Å². The molecule has 2 unspecified atom stereocenters. The molecule has 0 amide bonds. The minimum atomic E-state index is -2.88. The third-order valence-electron chi connectivity index (χ3n) is 3.44. The molecular formula is C15H25NO2S. The second kappa shape index (κ2) is 7.65. The molecule has 0 aliphatic rings. The van der Waals surface area contributed by atoms with Gasteiger partial charge in [-0.3, -0.25) is 0 Å². The lowest BCUT2D eigenvalue weighted by molar-refractivity contribution is 0.400. The summed E-state index contributed by atoms with van der Waals surface area (Å²) in [5, 5.41) is 3.29. The summed E-state index contributed by atoms with van der Waals surface area (Å²) < 4.78 is 23.5. The van der Waals surface area contributed by atoms with Crippen molar-refractivity contribution >= 4 is 9.84 Å². The molecule has 0 aromatic heterocycles. The first-order chi connectivity index (χ1) is 9.00. The van der Waals surface area contributed by atoms with Crippen molar-refractivity contribution in [2.24, 2.45) is 5.92 Å². The molecule has 0 radical (unpaired) electrons. The zero-order valence-corrected chi connectivity index (χ0v) is 12.9. The van der Waals surface area contributed by atoms with E-state index in [-0.39, 0.29) is 11.8 Å². The topological polar surface area (TPSA) is 46.2 Å². The third-order valence-corrected chi connectivity index (χ3v) is 5.33. The monoisotopic (exact) mass is 283 g/mol. The quantitative estimate of drug-likeness (QED) is 0.798. The molecule has 4 heteroatoms. The largest absolute Gasteiger partial charge is 0.313 e. The normalized spacial score (nSPS) is 15.1. The first-order valence-corrected chi connectivity index (χ1v) is 8.75. The number of hydrogen-bond acceptors (Lipinski definition) is 3. The molecule has 0 fully saturated rings. The average molecular weight is 283 g/mol. The Labute approximate surface area is 117 Å². The fourth-order valence-corrected chi connectivity index (χ4v) is 3.94. The van der Waals surface area contributed by atoms with Crippen LogP contribution in [0.15, 0.2) is 30.3 Å². The van der Waals surface area contributed by atoms with Crippen LogP contribution in [0.2, 0.25) is 0 Å². The second-order valence-electron chi connectivity index (χ2n) is 5.09. The van der Waals surface area contributed by atoms with Crippen LogP contribution >= 0.6 is 0 Å². The van der Waals surface area contributed by atoms with Crippen LogP contribution in [0.3, 0.4) is 0 Å². The summed E-state index contributed by atoms with van der Waals surface area (Å²) >= 11 is 0. The summed E-state index contributed by atoms with van der Waals surface area (Å²) in [6.45, 7) is 4.01. The van der Waals surface area contributed by atoms with E-state index in [4.69, 9.17) is 0 Å². The molecule has 0 spiro atoms. The zero-order chi connectivity index (χ0) is 14.3. The molecule has 0 heterocycles. The van der Waals surface area contributed by atoms with Crippen LogP contribution in [-0.4, -0.2) is 27.0 Å². The number of nitrogens with one attached hydrogen (secondary N) is 1. The van der Waals surface area contributed by atoms with Gasteiger partial charge >= 0.3 is 0 Å². The van der Waals surface area contributed by atoms with Gasteiger partial charge in [0.25, 0.3) is 0 Å². The molecule has 0 aliphatic carbocycles. The van der Waals surface area contributed by atoms with E-state index in [0.717, 1.165) is 0 Å². The van der Waals surface area contributed by atoms with Crippen LogP contribution in [0.1, 0.15) is 38.3 Å². The zero-order valence-electron chi connectivity index (χ0n) is 12.1. The molecule has 1 rings (SSSR count). The Kier molecular flexibility index (Phi) is 6.52. The van der Waals surface area contributed by atoms with E-state index in [1.165, 1.54) is 5.56 Å².